The molecule has 0 aromatic carbocycles. The summed E-state index contributed by atoms with van der Waals surface area (Å²) in [5.41, 5.74) is 16.3. The summed E-state index contributed by atoms with van der Waals surface area (Å²) in [5, 5.41) is 14.6. The van der Waals surface area contributed by atoms with Crippen LogP contribution in [-0.4, -0.2) is 90.2 Å². The molecule has 0 saturated carbocycles. The van der Waals surface area contributed by atoms with E-state index >= 15 is 0 Å². The minimum absolute atomic E-state index is 0.337. The van der Waals surface area contributed by atoms with Gasteiger partial charge in [0.15, 0.2) is 0 Å². The molecule has 16 heteroatoms. The molecule has 0 bridgehead atoms. The molecule has 0 unspecified atom stereocenters. The van der Waals surface area contributed by atoms with Gasteiger partial charge in [-0.3, -0.25) is 33.6 Å². The standard InChI is InChI=1S/C25H47N9O7/c1-12(27)20(36)29-13(2)21(37)30-14(3)22(38)31-15(4)23(39)32-16(5)24(40)33-17(6)25(41)34-18(19(28)35)10-8-7-9-11-26/h12-18H,7-11,26-27H2,1-6H3,(H2,28,35)(H,29,36)(H,30,37)(H,31,38)(H,32,39)(H,33,40)(H,34,41)/t12-,13-,14-,15-,16-,17-,18-/m0/s1. The first-order valence-electron chi connectivity index (χ1n) is 13.6. The number of primary amides is 1. The quantitative estimate of drug-likeness (QED) is 0.0716. The van der Waals surface area contributed by atoms with Crippen LogP contribution in [0.5, 0.6) is 0 Å². The zero-order chi connectivity index (χ0) is 31.9. The van der Waals surface area contributed by atoms with Gasteiger partial charge in [-0.2, -0.15) is 0 Å². The van der Waals surface area contributed by atoms with Crippen molar-refractivity contribution in [3.05, 3.63) is 0 Å². The second-order valence-corrected chi connectivity index (χ2v) is 10.0. The van der Waals surface area contributed by atoms with Gasteiger partial charge in [0.2, 0.25) is 41.4 Å². The van der Waals surface area contributed by atoms with Crippen molar-refractivity contribution in [1.82, 2.24) is 31.9 Å². The zero-order valence-corrected chi connectivity index (χ0v) is 24.7. The summed E-state index contributed by atoms with van der Waals surface area (Å²) in [4.78, 5) is 85.5. The van der Waals surface area contributed by atoms with Crippen LogP contribution in [-0.2, 0) is 33.6 Å². The highest BCUT2D eigenvalue weighted by molar-refractivity contribution is 5.96. The summed E-state index contributed by atoms with van der Waals surface area (Å²) in [6, 6.07) is -6.89. The van der Waals surface area contributed by atoms with Crippen LogP contribution in [0, 0.1) is 0 Å². The van der Waals surface area contributed by atoms with Crippen LogP contribution in [0.1, 0.15) is 67.2 Å². The molecule has 0 rings (SSSR count). The zero-order valence-electron chi connectivity index (χ0n) is 24.7. The van der Waals surface area contributed by atoms with E-state index in [9.17, 15) is 33.6 Å². The van der Waals surface area contributed by atoms with Crippen molar-refractivity contribution in [3.8, 4) is 0 Å². The number of nitrogens with one attached hydrogen (secondary N) is 6. The monoisotopic (exact) mass is 585 g/mol. The van der Waals surface area contributed by atoms with E-state index in [4.69, 9.17) is 17.2 Å². The Morgan fingerprint density at radius 1 is 0.512 bits per heavy atom. The van der Waals surface area contributed by atoms with Gasteiger partial charge >= 0.3 is 0 Å². The lowest BCUT2D eigenvalue weighted by molar-refractivity contribution is -0.134. The Balaban J connectivity index is 4.77. The highest BCUT2D eigenvalue weighted by Gasteiger charge is 2.27. The Morgan fingerprint density at radius 3 is 1.12 bits per heavy atom. The molecule has 0 aliphatic heterocycles. The van der Waals surface area contributed by atoms with Crippen LogP contribution in [0.4, 0.5) is 0 Å². The van der Waals surface area contributed by atoms with Crippen LogP contribution in [0.15, 0.2) is 0 Å². The van der Waals surface area contributed by atoms with E-state index in [-0.39, 0.29) is 0 Å². The lowest BCUT2D eigenvalue weighted by atomic mass is 10.1. The first-order chi connectivity index (χ1) is 19.0. The van der Waals surface area contributed by atoms with Crippen molar-refractivity contribution >= 4 is 41.4 Å². The number of amides is 7. The Hall–Kier alpha value is -3.79. The number of hydrogen-bond acceptors (Lipinski definition) is 9. The summed E-state index contributed by atoms with van der Waals surface area (Å²) in [6.07, 6.45) is 2.53. The van der Waals surface area contributed by atoms with Crippen molar-refractivity contribution in [2.75, 3.05) is 6.54 Å². The predicted molar refractivity (Wildman–Crippen MR) is 150 cm³/mol. The molecule has 0 aromatic rings. The fraction of sp³-hybridized carbons (Fsp3) is 0.720. The molecule has 0 aliphatic carbocycles. The highest BCUT2D eigenvalue weighted by atomic mass is 16.2. The van der Waals surface area contributed by atoms with E-state index in [0.29, 0.717) is 19.4 Å². The molecule has 7 amide bonds. The van der Waals surface area contributed by atoms with Crippen molar-refractivity contribution in [1.29, 1.82) is 0 Å². The maximum absolute atomic E-state index is 12.5. The molecule has 0 radical (unpaired) electrons. The number of nitrogens with two attached hydrogens (primary N) is 3. The van der Waals surface area contributed by atoms with Gasteiger partial charge in [0, 0.05) is 0 Å². The van der Waals surface area contributed by atoms with Gasteiger partial charge in [-0.15, -0.1) is 0 Å². The summed E-state index contributed by atoms with van der Waals surface area (Å²) in [6.45, 7) is 8.97. The minimum atomic E-state index is -1.08. The lowest BCUT2D eigenvalue weighted by Gasteiger charge is -2.23. The van der Waals surface area contributed by atoms with Crippen LogP contribution >= 0.6 is 0 Å². The molecular weight excluding hydrogens is 538 g/mol. The number of rotatable bonds is 18. The summed E-state index contributed by atoms with van der Waals surface area (Å²) >= 11 is 0. The van der Waals surface area contributed by atoms with Crippen molar-refractivity contribution in [2.24, 2.45) is 17.2 Å². The molecule has 7 atom stereocenters. The molecule has 0 saturated heterocycles. The molecule has 12 N–H and O–H groups in total. The number of carbonyl (C=O) groups is 7. The Bertz CT molecular complexity index is 944. The van der Waals surface area contributed by atoms with Crippen LogP contribution in [0.2, 0.25) is 0 Å². The van der Waals surface area contributed by atoms with Gasteiger partial charge in [0.25, 0.3) is 0 Å². The third-order valence-corrected chi connectivity index (χ3v) is 6.03. The Kier molecular flexibility index (Phi) is 16.8. The van der Waals surface area contributed by atoms with E-state index in [1.165, 1.54) is 41.5 Å². The molecule has 234 valence electrons. The maximum Gasteiger partial charge on any atom is 0.242 e. The number of carbonyl (C=O) groups excluding carboxylic acids is 7. The van der Waals surface area contributed by atoms with Crippen molar-refractivity contribution in [2.45, 2.75) is 110 Å². The molecule has 0 heterocycles. The molecule has 0 aromatic heterocycles. The largest absolute Gasteiger partial charge is 0.368 e. The normalized spacial score (nSPS) is 15.9. The average molecular weight is 586 g/mol. The van der Waals surface area contributed by atoms with Crippen LogP contribution in [0.3, 0.4) is 0 Å². The first kappa shape index (κ1) is 37.2. The maximum atomic E-state index is 12.5. The Labute approximate surface area is 240 Å². The SMILES string of the molecule is C[C@H](N)C(=O)N[C@@H](C)C(=O)N[C@@H](C)C(=O)N[C@@H](C)C(=O)N[C@@H](C)C(=O)N[C@@H](C)C(=O)N[C@@H](CCCCCN)C(N)=O. The van der Waals surface area contributed by atoms with Crippen molar-refractivity contribution in [3.63, 3.8) is 0 Å². The molecular formula is C25H47N9O7. The fourth-order valence-corrected chi connectivity index (χ4v) is 3.28. The summed E-state index contributed by atoms with van der Waals surface area (Å²) in [5.74, 6) is -4.54. The number of unbranched alkanes of at least 4 members (excludes halogenated alkanes) is 2. The molecule has 41 heavy (non-hydrogen) atoms. The van der Waals surface area contributed by atoms with Gasteiger partial charge < -0.3 is 49.1 Å². The van der Waals surface area contributed by atoms with E-state index in [1.807, 2.05) is 0 Å². The summed E-state index contributed by atoms with van der Waals surface area (Å²) < 4.78 is 0. The third-order valence-electron chi connectivity index (χ3n) is 6.03. The van der Waals surface area contributed by atoms with Gasteiger partial charge in [-0.05, 0) is 60.9 Å². The highest BCUT2D eigenvalue weighted by Crippen LogP contribution is 2.04. The molecule has 0 fully saturated rings. The fourth-order valence-electron chi connectivity index (χ4n) is 3.28. The van der Waals surface area contributed by atoms with E-state index < -0.39 is 83.6 Å². The second-order valence-electron chi connectivity index (χ2n) is 10.0. The first-order valence-corrected chi connectivity index (χ1v) is 13.6. The van der Waals surface area contributed by atoms with Gasteiger partial charge in [0.05, 0.1) is 6.04 Å². The minimum Gasteiger partial charge on any atom is -0.368 e. The second kappa shape index (κ2) is 18.5. The van der Waals surface area contributed by atoms with E-state index in [1.54, 1.807) is 0 Å². The predicted octanol–water partition coefficient (Wildman–Crippen LogP) is -3.65. The molecule has 16 nitrogen and oxygen atoms in total. The van der Waals surface area contributed by atoms with Gasteiger partial charge in [-0.25, -0.2) is 0 Å². The van der Waals surface area contributed by atoms with Crippen LogP contribution in [0.25, 0.3) is 0 Å². The molecule has 0 spiro atoms. The van der Waals surface area contributed by atoms with Gasteiger partial charge in [-0.1, -0.05) is 12.8 Å². The average Bonchev–Trinajstić information content (AvgIpc) is 2.89. The molecule has 0 aliphatic rings. The Morgan fingerprint density at radius 2 is 0.829 bits per heavy atom. The third kappa shape index (κ3) is 14.4. The smallest absolute Gasteiger partial charge is 0.242 e. The topological polar surface area (TPSA) is 270 Å². The number of hydrogen-bond donors (Lipinski definition) is 9. The van der Waals surface area contributed by atoms with E-state index in [2.05, 4.69) is 31.9 Å². The lowest BCUT2D eigenvalue weighted by Crippen LogP contribution is -2.57. The van der Waals surface area contributed by atoms with Crippen LogP contribution < -0.4 is 49.1 Å². The van der Waals surface area contributed by atoms with E-state index in [0.717, 1.165) is 12.8 Å². The summed E-state index contributed by atoms with van der Waals surface area (Å²) in [7, 11) is 0. The van der Waals surface area contributed by atoms with Gasteiger partial charge in [0.1, 0.15) is 36.3 Å². The van der Waals surface area contributed by atoms with Crippen molar-refractivity contribution < 1.29 is 33.6 Å².